The lowest BCUT2D eigenvalue weighted by atomic mass is 10.3. The van der Waals surface area contributed by atoms with E-state index in [-0.39, 0.29) is 23.9 Å². The fraction of sp³-hybridized carbons (Fsp3) is 0.636. The number of rotatable bonds is 6. The lowest BCUT2D eigenvalue weighted by Gasteiger charge is -2.21. The van der Waals surface area contributed by atoms with Gasteiger partial charge in [-0.05, 0) is 6.42 Å². The molecule has 1 atom stereocenters. The van der Waals surface area contributed by atoms with E-state index in [1.165, 1.54) is 28.4 Å². The second-order valence-corrected chi connectivity index (χ2v) is 6.62. The summed E-state index contributed by atoms with van der Waals surface area (Å²) in [4.78, 5) is 10.5. The third kappa shape index (κ3) is 3.17. The summed E-state index contributed by atoms with van der Waals surface area (Å²) in [5.74, 6) is -0.954. The van der Waals surface area contributed by atoms with Gasteiger partial charge in [0, 0.05) is 19.9 Å². The number of nitrogens with zero attached hydrogens (tertiary/aromatic N) is 3. The molecule has 0 spiro atoms. The Morgan fingerprint density at radius 1 is 1.65 bits per heavy atom. The van der Waals surface area contributed by atoms with Gasteiger partial charge in [0.05, 0.1) is 31.8 Å². The van der Waals surface area contributed by atoms with E-state index in [2.05, 4.69) is 5.10 Å². The minimum Gasteiger partial charge on any atom is -0.481 e. The SMILES string of the molecule is CN(C1CCOC1)S(=O)(=O)c1cnn(CCC(=O)O)c1. The highest BCUT2D eigenvalue weighted by Crippen LogP contribution is 2.20. The summed E-state index contributed by atoms with van der Waals surface area (Å²) in [6, 6.07) is -0.164. The number of hydrogen-bond donors (Lipinski definition) is 1. The van der Waals surface area contributed by atoms with E-state index in [0.717, 1.165) is 0 Å². The van der Waals surface area contributed by atoms with Gasteiger partial charge < -0.3 is 9.84 Å². The zero-order valence-electron chi connectivity index (χ0n) is 11.1. The van der Waals surface area contributed by atoms with E-state index >= 15 is 0 Å². The van der Waals surface area contributed by atoms with Crippen LogP contribution in [0.3, 0.4) is 0 Å². The van der Waals surface area contributed by atoms with E-state index in [9.17, 15) is 13.2 Å². The third-order valence-corrected chi connectivity index (χ3v) is 5.12. The highest BCUT2D eigenvalue weighted by Gasteiger charge is 2.31. The summed E-state index contributed by atoms with van der Waals surface area (Å²) >= 11 is 0. The number of likely N-dealkylation sites (N-methyl/N-ethyl adjacent to an activating group) is 1. The van der Waals surface area contributed by atoms with Crippen molar-refractivity contribution >= 4 is 16.0 Å². The molecule has 1 aromatic rings. The Bertz CT molecular complexity index is 577. The smallest absolute Gasteiger partial charge is 0.305 e. The molecule has 20 heavy (non-hydrogen) atoms. The molecule has 1 aliphatic heterocycles. The number of ether oxygens (including phenoxy) is 1. The summed E-state index contributed by atoms with van der Waals surface area (Å²) in [7, 11) is -2.10. The molecule has 9 heteroatoms. The van der Waals surface area contributed by atoms with E-state index in [0.29, 0.717) is 19.6 Å². The second-order valence-electron chi connectivity index (χ2n) is 4.62. The summed E-state index contributed by atoms with van der Waals surface area (Å²) in [5, 5.41) is 12.5. The molecule has 1 N–H and O–H groups in total. The molecule has 112 valence electrons. The van der Waals surface area contributed by atoms with Gasteiger partial charge in [-0.1, -0.05) is 0 Å². The first-order valence-electron chi connectivity index (χ1n) is 6.21. The van der Waals surface area contributed by atoms with Gasteiger partial charge in [0.2, 0.25) is 10.0 Å². The highest BCUT2D eigenvalue weighted by atomic mass is 32.2. The van der Waals surface area contributed by atoms with Crippen LogP contribution >= 0.6 is 0 Å². The fourth-order valence-electron chi connectivity index (χ4n) is 1.98. The quantitative estimate of drug-likeness (QED) is 0.778. The standard InChI is InChI=1S/C11H17N3O5S/c1-13(9-3-5-19-8-9)20(17,18)10-6-12-14(7-10)4-2-11(15)16/h6-7,9H,2-5,8H2,1H3,(H,15,16). The largest absolute Gasteiger partial charge is 0.481 e. The predicted octanol–water partition coefficient (Wildman–Crippen LogP) is -0.233. The highest BCUT2D eigenvalue weighted by molar-refractivity contribution is 7.89. The average Bonchev–Trinajstić information content (AvgIpc) is 3.06. The summed E-state index contributed by atoms with van der Waals surface area (Å²) in [5.41, 5.74) is 0. The van der Waals surface area contributed by atoms with Crippen LogP contribution in [0.5, 0.6) is 0 Å². The lowest BCUT2D eigenvalue weighted by Crippen LogP contribution is -2.37. The van der Waals surface area contributed by atoms with Crippen molar-refractivity contribution in [3.05, 3.63) is 12.4 Å². The van der Waals surface area contributed by atoms with Crippen molar-refractivity contribution in [2.24, 2.45) is 0 Å². The Hall–Kier alpha value is -1.45. The minimum absolute atomic E-state index is 0.0669. The van der Waals surface area contributed by atoms with E-state index < -0.39 is 16.0 Å². The Balaban J connectivity index is 2.11. The van der Waals surface area contributed by atoms with Crippen molar-refractivity contribution < 1.29 is 23.1 Å². The van der Waals surface area contributed by atoms with Crippen LogP contribution in [-0.4, -0.2) is 59.9 Å². The number of hydrogen-bond acceptors (Lipinski definition) is 5. The van der Waals surface area contributed by atoms with E-state index in [4.69, 9.17) is 9.84 Å². The van der Waals surface area contributed by atoms with Crippen LogP contribution in [0.25, 0.3) is 0 Å². The molecule has 1 unspecified atom stereocenters. The molecular weight excluding hydrogens is 286 g/mol. The molecule has 1 saturated heterocycles. The Morgan fingerprint density at radius 2 is 2.40 bits per heavy atom. The van der Waals surface area contributed by atoms with Gasteiger partial charge in [-0.25, -0.2) is 8.42 Å². The van der Waals surface area contributed by atoms with Crippen LogP contribution in [-0.2, 0) is 26.1 Å². The predicted molar refractivity (Wildman–Crippen MR) is 68.7 cm³/mol. The third-order valence-electron chi connectivity index (χ3n) is 3.26. The Morgan fingerprint density at radius 3 is 3.00 bits per heavy atom. The van der Waals surface area contributed by atoms with Crippen molar-refractivity contribution in [2.75, 3.05) is 20.3 Å². The number of sulfonamides is 1. The van der Waals surface area contributed by atoms with Crippen molar-refractivity contribution in [1.82, 2.24) is 14.1 Å². The number of aryl methyl sites for hydroxylation is 1. The average molecular weight is 303 g/mol. The van der Waals surface area contributed by atoms with Crippen LogP contribution in [0, 0.1) is 0 Å². The van der Waals surface area contributed by atoms with Crippen molar-refractivity contribution in [1.29, 1.82) is 0 Å². The van der Waals surface area contributed by atoms with Crippen LogP contribution in [0.2, 0.25) is 0 Å². The van der Waals surface area contributed by atoms with Crippen molar-refractivity contribution in [2.45, 2.75) is 30.3 Å². The summed E-state index contributed by atoms with van der Waals surface area (Å²) < 4.78 is 32.5. The lowest BCUT2D eigenvalue weighted by molar-refractivity contribution is -0.137. The van der Waals surface area contributed by atoms with Crippen LogP contribution in [0.15, 0.2) is 17.3 Å². The van der Waals surface area contributed by atoms with Gasteiger partial charge in [-0.3, -0.25) is 9.48 Å². The molecule has 8 nitrogen and oxygen atoms in total. The van der Waals surface area contributed by atoms with E-state index in [1.807, 2.05) is 0 Å². The van der Waals surface area contributed by atoms with Crippen molar-refractivity contribution in [3.63, 3.8) is 0 Å². The van der Waals surface area contributed by atoms with E-state index in [1.54, 1.807) is 0 Å². The monoisotopic (exact) mass is 303 g/mol. The Labute approximate surface area is 117 Å². The molecule has 0 aliphatic carbocycles. The molecule has 0 amide bonds. The summed E-state index contributed by atoms with van der Waals surface area (Å²) in [6.45, 7) is 1.09. The molecule has 0 bridgehead atoms. The van der Waals surface area contributed by atoms with Gasteiger partial charge in [-0.2, -0.15) is 9.40 Å². The van der Waals surface area contributed by atoms with Gasteiger partial charge in [0.25, 0.3) is 0 Å². The maximum atomic E-state index is 12.4. The first-order chi connectivity index (χ1) is 9.41. The van der Waals surface area contributed by atoms with Gasteiger partial charge >= 0.3 is 5.97 Å². The van der Waals surface area contributed by atoms with Crippen LogP contribution < -0.4 is 0 Å². The number of carboxylic acids is 1. The van der Waals surface area contributed by atoms with Gasteiger partial charge in [0.1, 0.15) is 4.90 Å². The molecule has 0 aromatic carbocycles. The first kappa shape index (κ1) is 14.9. The second kappa shape index (κ2) is 5.90. The number of carboxylic acid groups (broad SMARTS) is 1. The zero-order valence-corrected chi connectivity index (χ0v) is 11.9. The number of aromatic nitrogens is 2. The maximum absolute atomic E-state index is 12.4. The normalized spacial score (nSPS) is 19.6. The van der Waals surface area contributed by atoms with Gasteiger partial charge in [-0.15, -0.1) is 0 Å². The first-order valence-corrected chi connectivity index (χ1v) is 7.65. The molecule has 1 fully saturated rings. The zero-order chi connectivity index (χ0) is 14.8. The number of carbonyl (C=O) groups is 1. The van der Waals surface area contributed by atoms with Crippen LogP contribution in [0.1, 0.15) is 12.8 Å². The maximum Gasteiger partial charge on any atom is 0.305 e. The topological polar surface area (TPSA) is 102 Å². The summed E-state index contributed by atoms with van der Waals surface area (Å²) in [6.07, 6.45) is 3.16. The van der Waals surface area contributed by atoms with Crippen molar-refractivity contribution in [3.8, 4) is 0 Å². The Kier molecular flexibility index (Phi) is 4.41. The molecule has 1 aromatic heterocycles. The number of aliphatic carboxylic acids is 1. The molecule has 2 rings (SSSR count). The minimum atomic E-state index is -3.62. The van der Waals surface area contributed by atoms with Crippen LogP contribution in [0.4, 0.5) is 0 Å². The molecule has 1 aliphatic rings. The molecule has 0 saturated carbocycles. The van der Waals surface area contributed by atoms with Gasteiger partial charge in [0.15, 0.2) is 0 Å². The molecule has 2 heterocycles. The molecule has 0 radical (unpaired) electrons. The fourth-order valence-corrected chi connectivity index (χ4v) is 3.31. The molecular formula is C11H17N3O5S.